The van der Waals surface area contributed by atoms with E-state index in [9.17, 15) is 40.3 Å². The highest BCUT2D eigenvalue weighted by Gasteiger charge is 2.34. The van der Waals surface area contributed by atoms with Crippen LogP contribution in [-0.2, 0) is 20.2 Å². The first-order valence-electron chi connectivity index (χ1n) is 14.8. The molecule has 2 aliphatic rings. The lowest BCUT2D eigenvalue weighted by Crippen LogP contribution is -2.27. The Hall–Kier alpha value is -6.67. The number of anilines is 6. The molecule has 0 saturated carbocycles. The maximum atomic E-state index is 13.3. The largest absolute Gasteiger partial charge is 0.399 e. The predicted molar refractivity (Wildman–Crippen MR) is 197 cm³/mol. The molecule has 0 radical (unpaired) electrons. The zero-order valence-electron chi connectivity index (χ0n) is 26.4. The molecule has 6 rings (SSSR count). The quantitative estimate of drug-likeness (QED) is 0.0712. The molecule has 0 saturated heterocycles. The fourth-order valence-electron chi connectivity index (χ4n) is 5.19. The van der Waals surface area contributed by atoms with Crippen LogP contribution in [0.5, 0.6) is 0 Å². The van der Waals surface area contributed by atoms with Crippen molar-refractivity contribution in [3.63, 3.8) is 0 Å². The summed E-state index contributed by atoms with van der Waals surface area (Å²) in [6.45, 7) is 0. The van der Waals surface area contributed by atoms with Crippen molar-refractivity contribution < 1.29 is 40.3 Å². The van der Waals surface area contributed by atoms with Gasteiger partial charge < -0.3 is 22.1 Å². The minimum atomic E-state index is -4.94. The van der Waals surface area contributed by atoms with E-state index in [4.69, 9.17) is 11.5 Å². The van der Waals surface area contributed by atoms with Gasteiger partial charge in [0.05, 0.1) is 11.4 Å². The number of Topliss-reactive ketones (excluding diaryl/α,β-unsaturated/α-hetero) is 2. The predicted octanol–water partition coefficient (Wildman–Crippen LogP) is 4.28. The maximum absolute atomic E-state index is 13.3. The number of carbonyl (C=O) groups is 3. The highest BCUT2D eigenvalue weighted by molar-refractivity contribution is 7.91. The highest BCUT2D eigenvalue weighted by atomic mass is 32.2. The van der Waals surface area contributed by atoms with E-state index in [1.165, 1.54) is 48.5 Å². The fraction of sp³-hybridized carbons (Fsp3) is 0. The minimum absolute atomic E-state index is 0.0262. The van der Waals surface area contributed by atoms with Crippen LogP contribution in [0, 0.1) is 0 Å². The van der Waals surface area contributed by atoms with Gasteiger partial charge in [-0.15, -0.1) is 0 Å². The molecular formula is C33H26N8O9S2. The van der Waals surface area contributed by atoms with Crippen molar-refractivity contribution in [2.75, 3.05) is 33.0 Å². The van der Waals surface area contributed by atoms with Crippen molar-refractivity contribution in [1.82, 2.24) is 0 Å². The van der Waals surface area contributed by atoms with Crippen LogP contribution >= 0.6 is 0 Å². The highest BCUT2D eigenvalue weighted by Crippen LogP contribution is 2.30. The first-order chi connectivity index (χ1) is 24.6. The monoisotopic (exact) mass is 742 g/mol. The molecule has 2 amide bonds. The molecule has 4 aromatic carbocycles. The SMILES string of the molecule is Nc1cccc(N/N=C2/C(=O)c3ccc(NC(=O)Nc4ccc5c(c4)C=C(S(=O)(=O)O)/C(=N\Nc4cccc(N)c4)C5=O)cc3C=C2S(=O)(=O)O)c1. The number of amides is 2. The van der Waals surface area contributed by atoms with Crippen molar-refractivity contribution in [1.29, 1.82) is 0 Å². The van der Waals surface area contributed by atoms with Crippen LogP contribution in [0.1, 0.15) is 31.8 Å². The number of nitrogens with one attached hydrogen (secondary N) is 4. The third kappa shape index (κ3) is 7.56. The van der Waals surface area contributed by atoms with E-state index in [1.54, 1.807) is 36.4 Å². The van der Waals surface area contributed by atoms with Crippen LogP contribution in [0.15, 0.2) is 105 Å². The van der Waals surface area contributed by atoms with Gasteiger partial charge in [0.2, 0.25) is 11.6 Å². The standard InChI is InChI=1S/C33H26N8O9S2/c34-19-3-1-5-23(15-19)38-40-29-27(51(45,46)47)13-17-11-21(7-9-25(17)31(29)42)36-33(44)37-22-8-10-26-18(12-22)14-28(52(48,49)50)30(32(26)43)41-39-24-6-2-4-20(35)16-24/h1-16,38-39H,34-35H2,(H2,36,37,44)(H,45,46,47)(H,48,49,50)/b40-29+,41-30+. The van der Waals surface area contributed by atoms with Crippen molar-refractivity contribution in [3.05, 3.63) is 117 Å². The van der Waals surface area contributed by atoms with Gasteiger partial charge in [-0.3, -0.25) is 29.5 Å². The second-order valence-corrected chi connectivity index (χ2v) is 14.0. The molecule has 0 aromatic heterocycles. The number of hydrogen-bond acceptors (Lipinski definition) is 13. The zero-order valence-corrected chi connectivity index (χ0v) is 28.0. The van der Waals surface area contributed by atoms with E-state index in [0.29, 0.717) is 22.7 Å². The Morgan fingerprint density at radius 2 is 0.981 bits per heavy atom. The summed E-state index contributed by atoms with van der Waals surface area (Å²) in [4.78, 5) is 38.0. The number of hydrogen-bond donors (Lipinski definition) is 8. The van der Waals surface area contributed by atoms with Crippen LogP contribution in [0.25, 0.3) is 12.2 Å². The lowest BCUT2D eigenvalue weighted by Gasteiger charge is -2.18. The van der Waals surface area contributed by atoms with E-state index in [1.807, 2.05) is 0 Å². The number of rotatable bonds is 8. The number of carbonyl (C=O) groups excluding carboxylic acids is 3. The molecule has 2 aliphatic carbocycles. The Kier molecular flexibility index (Phi) is 9.17. The molecule has 0 spiro atoms. The molecule has 0 aliphatic heterocycles. The van der Waals surface area contributed by atoms with Crippen LogP contribution < -0.4 is 33.0 Å². The van der Waals surface area contributed by atoms with Gasteiger partial charge in [-0.05, 0) is 96.1 Å². The maximum Gasteiger partial charge on any atom is 0.323 e. The molecule has 52 heavy (non-hydrogen) atoms. The van der Waals surface area contributed by atoms with Gasteiger partial charge in [0.1, 0.15) is 9.81 Å². The van der Waals surface area contributed by atoms with E-state index in [0.717, 1.165) is 12.2 Å². The zero-order chi connectivity index (χ0) is 37.4. The first kappa shape index (κ1) is 35.2. The average Bonchev–Trinajstić information content (AvgIpc) is 3.06. The molecule has 10 N–H and O–H groups in total. The molecule has 0 atom stereocenters. The van der Waals surface area contributed by atoms with Crippen LogP contribution in [-0.4, -0.2) is 55.0 Å². The topological polar surface area (TPSA) is 285 Å². The second-order valence-electron chi connectivity index (χ2n) is 11.2. The Morgan fingerprint density at radius 3 is 1.35 bits per heavy atom. The summed E-state index contributed by atoms with van der Waals surface area (Å²) in [5.74, 6) is -1.65. The van der Waals surface area contributed by atoms with E-state index in [-0.39, 0.29) is 33.6 Å². The Morgan fingerprint density at radius 1 is 0.577 bits per heavy atom. The third-order valence-corrected chi connectivity index (χ3v) is 9.23. The number of nitrogens with zero attached hydrogens (tertiary/aromatic N) is 2. The summed E-state index contributed by atoms with van der Waals surface area (Å²) in [5, 5.41) is 12.9. The fourth-order valence-corrected chi connectivity index (χ4v) is 6.50. The number of nitrogens with two attached hydrogens (primary N) is 2. The normalized spacial score (nSPS) is 15.7. The van der Waals surface area contributed by atoms with Crippen molar-refractivity contribution in [3.8, 4) is 0 Å². The van der Waals surface area contributed by atoms with Gasteiger partial charge in [0, 0.05) is 33.9 Å². The Balaban J connectivity index is 1.22. The molecular weight excluding hydrogens is 717 g/mol. The second kappa shape index (κ2) is 13.6. The van der Waals surface area contributed by atoms with E-state index >= 15 is 0 Å². The molecule has 0 fully saturated rings. The molecule has 0 unspecified atom stereocenters. The molecule has 19 heteroatoms. The van der Waals surface area contributed by atoms with Crippen molar-refractivity contribution in [2.24, 2.45) is 10.2 Å². The Labute approximate surface area is 295 Å². The average molecular weight is 743 g/mol. The Bertz CT molecular complexity index is 2390. The van der Waals surface area contributed by atoms with Gasteiger partial charge >= 0.3 is 6.03 Å². The molecule has 0 heterocycles. The number of allylic oxidation sites excluding steroid dienone is 2. The molecule has 17 nitrogen and oxygen atoms in total. The summed E-state index contributed by atoms with van der Waals surface area (Å²) < 4.78 is 68.8. The number of nitrogen functional groups attached to an aromatic ring is 2. The van der Waals surface area contributed by atoms with Crippen LogP contribution in [0.2, 0.25) is 0 Å². The van der Waals surface area contributed by atoms with E-state index in [2.05, 4.69) is 31.7 Å². The molecule has 4 aromatic rings. The number of ketones is 2. The number of benzene rings is 4. The van der Waals surface area contributed by atoms with Crippen LogP contribution in [0.3, 0.4) is 0 Å². The van der Waals surface area contributed by atoms with Gasteiger partial charge in [-0.1, -0.05) is 12.1 Å². The van der Waals surface area contributed by atoms with Gasteiger partial charge in [-0.2, -0.15) is 27.0 Å². The lowest BCUT2D eigenvalue weighted by molar-refractivity contribution is 0.105. The smallest absolute Gasteiger partial charge is 0.323 e. The summed E-state index contributed by atoms with van der Waals surface area (Å²) in [6, 6.07) is 19.8. The lowest BCUT2D eigenvalue weighted by atomic mass is 9.94. The summed E-state index contributed by atoms with van der Waals surface area (Å²) >= 11 is 0. The molecule has 264 valence electrons. The number of hydrazone groups is 2. The van der Waals surface area contributed by atoms with Gasteiger partial charge in [-0.25, -0.2) is 4.79 Å². The summed E-state index contributed by atoms with van der Waals surface area (Å²) in [7, 11) is -9.88. The molecule has 0 bridgehead atoms. The third-order valence-electron chi connectivity index (χ3n) is 7.50. The summed E-state index contributed by atoms with van der Waals surface area (Å²) in [6.07, 6.45) is 2.05. The van der Waals surface area contributed by atoms with Gasteiger partial charge in [0.15, 0.2) is 11.4 Å². The van der Waals surface area contributed by atoms with E-state index < -0.39 is 59.1 Å². The number of fused-ring (bicyclic) bond motifs is 2. The minimum Gasteiger partial charge on any atom is -0.399 e. The van der Waals surface area contributed by atoms with Crippen molar-refractivity contribution in [2.45, 2.75) is 0 Å². The van der Waals surface area contributed by atoms with Crippen LogP contribution in [0.4, 0.5) is 38.9 Å². The summed E-state index contributed by atoms with van der Waals surface area (Å²) in [5.41, 5.74) is 17.3. The van der Waals surface area contributed by atoms with Crippen molar-refractivity contribution >= 4 is 95.5 Å². The van der Waals surface area contributed by atoms with Gasteiger partial charge in [0.25, 0.3) is 20.2 Å². The first-order valence-corrected chi connectivity index (χ1v) is 17.7. The number of urea groups is 1.